The molecule has 4 heterocycles. The van der Waals surface area contributed by atoms with Crippen molar-refractivity contribution in [2.24, 2.45) is 0 Å². The van der Waals surface area contributed by atoms with Gasteiger partial charge in [-0.15, -0.1) is 24.8 Å². The minimum absolute atomic E-state index is 0. The summed E-state index contributed by atoms with van der Waals surface area (Å²) in [6.45, 7) is 3.16. The Kier molecular flexibility index (Phi) is 7.84. The largest absolute Gasteiger partial charge is 0.383 e. The van der Waals surface area contributed by atoms with Gasteiger partial charge in [0.15, 0.2) is 5.65 Å². The maximum atomic E-state index is 6.19. The molecule has 7 nitrogen and oxygen atoms in total. The van der Waals surface area contributed by atoms with Crippen molar-refractivity contribution in [3.63, 3.8) is 0 Å². The van der Waals surface area contributed by atoms with Crippen LogP contribution in [0, 0.1) is 0 Å². The molecule has 1 fully saturated rings. The van der Waals surface area contributed by atoms with Gasteiger partial charge < -0.3 is 15.4 Å². The number of fused-ring (bicyclic) bond motifs is 1. The van der Waals surface area contributed by atoms with Crippen LogP contribution in [0.3, 0.4) is 0 Å². The smallest absolute Gasteiger partial charge is 0.165 e. The summed E-state index contributed by atoms with van der Waals surface area (Å²) in [6.07, 6.45) is 3.30. The van der Waals surface area contributed by atoms with Gasteiger partial charge in [0, 0.05) is 29.3 Å². The fraction of sp³-hybridized carbons (Fsp3) is 0.182. The fourth-order valence-corrected chi connectivity index (χ4v) is 4.04. The van der Waals surface area contributed by atoms with E-state index in [2.05, 4.69) is 35.8 Å². The first-order valence-corrected chi connectivity index (χ1v) is 10.4. The van der Waals surface area contributed by atoms with E-state index >= 15 is 0 Å². The molecule has 0 spiro atoms. The molecule has 3 aromatic heterocycles. The number of pyridine rings is 2. The van der Waals surface area contributed by atoms with Crippen LogP contribution >= 0.6 is 40.7 Å². The normalized spacial score (nSPS) is 13.3. The summed E-state index contributed by atoms with van der Waals surface area (Å²) in [5, 5.41) is 0.747. The third-order valence-electron chi connectivity index (χ3n) is 5.15. The first-order valence-electron chi connectivity index (χ1n) is 9.65. The molecule has 1 saturated heterocycles. The van der Waals surface area contributed by atoms with E-state index in [9.17, 15) is 0 Å². The number of morpholine rings is 1. The van der Waals surface area contributed by atoms with Crippen molar-refractivity contribution in [3.8, 4) is 22.4 Å². The maximum Gasteiger partial charge on any atom is 0.165 e. The highest BCUT2D eigenvalue weighted by molar-refractivity contribution is 9.10. The number of aromatic nitrogens is 4. The van der Waals surface area contributed by atoms with Gasteiger partial charge in [-0.3, -0.25) is 0 Å². The van der Waals surface area contributed by atoms with E-state index < -0.39 is 0 Å². The molecule has 1 aliphatic heterocycles. The van der Waals surface area contributed by atoms with Gasteiger partial charge in [-0.1, -0.05) is 28.1 Å². The van der Waals surface area contributed by atoms with E-state index in [1.165, 1.54) is 6.33 Å². The number of halogens is 3. The molecule has 0 unspecified atom stereocenters. The zero-order valence-corrected chi connectivity index (χ0v) is 20.2. The molecular formula is C22H21BrCl2N6O. The average Bonchev–Trinajstić information content (AvgIpc) is 2.79. The van der Waals surface area contributed by atoms with E-state index in [1.807, 2.05) is 48.7 Å². The standard InChI is InChI=1S/C22H19BrN6O.2ClH/c23-16-3-1-2-14(10-16)17-11-18(28-22-20(17)21(24)26-13-27-22)15-4-5-19(25-12-15)29-6-8-30-9-7-29;;/h1-5,10-13H,6-9H2,(H2,24,26,27,28);2*1H. The second-order valence-corrected chi connectivity index (χ2v) is 7.94. The summed E-state index contributed by atoms with van der Waals surface area (Å²) in [4.78, 5) is 20.2. The van der Waals surface area contributed by atoms with Crippen molar-refractivity contribution in [2.45, 2.75) is 0 Å². The number of hydrogen-bond donors (Lipinski definition) is 1. The predicted molar refractivity (Wildman–Crippen MR) is 136 cm³/mol. The van der Waals surface area contributed by atoms with E-state index in [1.54, 1.807) is 0 Å². The Morgan fingerprint density at radius 3 is 2.47 bits per heavy atom. The highest BCUT2D eigenvalue weighted by Gasteiger charge is 2.16. The Morgan fingerprint density at radius 1 is 0.938 bits per heavy atom. The fourth-order valence-electron chi connectivity index (χ4n) is 3.64. The second-order valence-electron chi connectivity index (χ2n) is 7.03. The lowest BCUT2D eigenvalue weighted by Crippen LogP contribution is -2.36. The lowest BCUT2D eigenvalue weighted by Gasteiger charge is -2.27. The molecule has 32 heavy (non-hydrogen) atoms. The van der Waals surface area contributed by atoms with Gasteiger partial charge in [-0.05, 0) is 41.5 Å². The van der Waals surface area contributed by atoms with Crippen molar-refractivity contribution >= 4 is 63.4 Å². The van der Waals surface area contributed by atoms with Crippen molar-refractivity contribution in [1.82, 2.24) is 19.9 Å². The Hall–Kier alpha value is -2.52. The second kappa shape index (κ2) is 10.4. The Morgan fingerprint density at radius 2 is 1.75 bits per heavy atom. The van der Waals surface area contributed by atoms with Gasteiger partial charge in [-0.25, -0.2) is 19.9 Å². The Bertz CT molecular complexity index is 1220. The molecule has 10 heteroatoms. The van der Waals surface area contributed by atoms with Crippen molar-refractivity contribution in [3.05, 3.63) is 59.5 Å². The number of ether oxygens (including phenoxy) is 1. The van der Waals surface area contributed by atoms with Crippen molar-refractivity contribution < 1.29 is 4.74 Å². The number of nitrogens with zero attached hydrogens (tertiary/aromatic N) is 5. The first kappa shape index (κ1) is 24.1. The molecular weight excluding hydrogens is 515 g/mol. The van der Waals surface area contributed by atoms with E-state index in [-0.39, 0.29) is 24.8 Å². The molecule has 5 rings (SSSR count). The van der Waals surface area contributed by atoms with Crippen LogP contribution in [0.15, 0.2) is 59.5 Å². The van der Waals surface area contributed by atoms with Crippen LogP contribution in [0.1, 0.15) is 0 Å². The summed E-state index contributed by atoms with van der Waals surface area (Å²) in [5.74, 6) is 1.36. The van der Waals surface area contributed by atoms with Crippen LogP contribution < -0.4 is 10.6 Å². The van der Waals surface area contributed by atoms with Gasteiger partial charge in [0.05, 0.1) is 24.3 Å². The molecule has 1 aliphatic rings. The highest BCUT2D eigenvalue weighted by Crippen LogP contribution is 2.34. The number of nitrogens with two attached hydrogens (primary N) is 1. The van der Waals surface area contributed by atoms with Crippen LogP contribution in [-0.4, -0.2) is 46.2 Å². The third-order valence-corrected chi connectivity index (χ3v) is 5.64. The summed E-state index contributed by atoms with van der Waals surface area (Å²) in [7, 11) is 0. The van der Waals surface area contributed by atoms with Crippen LogP contribution in [0.5, 0.6) is 0 Å². The topological polar surface area (TPSA) is 90.0 Å². The van der Waals surface area contributed by atoms with Crippen LogP contribution in [0.4, 0.5) is 11.6 Å². The molecule has 166 valence electrons. The molecule has 0 bridgehead atoms. The molecule has 0 radical (unpaired) electrons. The SMILES string of the molecule is Cl.Cl.Nc1ncnc2nc(-c3ccc(N4CCOCC4)nc3)cc(-c3cccc(Br)c3)c12. The summed E-state index contributed by atoms with van der Waals surface area (Å²) in [6, 6.07) is 14.2. The molecule has 0 saturated carbocycles. The molecule has 0 amide bonds. The van der Waals surface area contributed by atoms with E-state index in [4.69, 9.17) is 15.5 Å². The van der Waals surface area contributed by atoms with Crippen LogP contribution in [-0.2, 0) is 4.74 Å². The number of rotatable bonds is 3. The van der Waals surface area contributed by atoms with Gasteiger partial charge in [0.1, 0.15) is 18.0 Å². The van der Waals surface area contributed by atoms with Crippen LogP contribution in [0.25, 0.3) is 33.4 Å². The highest BCUT2D eigenvalue weighted by atomic mass is 79.9. The minimum Gasteiger partial charge on any atom is -0.383 e. The molecule has 0 aliphatic carbocycles. The maximum absolute atomic E-state index is 6.19. The van der Waals surface area contributed by atoms with Gasteiger partial charge in [-0.2, -0.15) is 0 Å². The lowest BCUT2D eigenvalue weighted by molar-refractivity contribution is 0.122. The summed E-state index contributed by atoms with van der Waals surface area (Å²) in [5.41, 5.74) is 10.4. The van der Waals surface area contributed by atoms with Gasteiger partial charge in [0.2, 0.25) is 0 Å². The van der Waals surface area contributed by atoms with Crippen molar-refractivity contribution in [2.75, 3.05) is 36.9 Å². The van der Waals surface area contributed by atoms with Crippen molar-refractivity contribution in [1.29, 1.82) is 0 Å². The lowest BCUT2D eigenvalue weighted by atomic mass is 10.0. The number of nitrogen functional groups attached to an aromatic ring is 1. The monoisotopic (exact) mass is 534 g/mol. The minimum atomic E-state index is 0. The van der Waals surface area contributed by atoms with Gasteiger partial charge >= 0.3 is 0 Å². The quantitative estimate of drug-likeness (QED) is 0.403. The third kappa shape index (κ3) is 4.78. The number of benzene rings is 1. The zero-order valence-electron chi connectivity index (χ0n) is 16.9. The number of anilines is 2. The van der Waals surface area contributed by atoms with E-state index in [0.717, 1.165) is 64.4 Å². The Labute approximate surface area is 206 Å². The number of hydrogen-bond acceptors (Lipinski definition) is 7. The first-order chi connectivity index (χ1) is 14.7. The van der Waals surface area contributed by atoms with Gasteiger partial charge in [0.25, 0.3) is 0 Å². The molecule has 1 aromatic carbocycles. The van der Waals surface area contributed by atoms with E-state index in [0.29, 0.717) is 11.5 Å². The summed E-state index contributed by atoms with van der Waals surface area (Å²) < 4.78 is 6.41. The van der Waals surface area contributed by atoms with Crippen LogP contribution in [0.2, 0.25) is 0 Å². The summed E-state index contributed by atoms with van der Waals surface area (Å²) >= 11 is 3.55. The molecule has 2 N–H and O–H groups in total. The Balaban J connectivity index is 0.00000144. The molecule has 4 aromatic rings. The predicted octanol–water partition coefficient (Wildman–Crippen LogP) is 4.78. The average molecular weight is 536 g/mol. The zero-order chi connectivity index (χ0) is 20.5. The molecule has 0 atom stereocenters.